The van der Waals surface area contributed by atoms with E-state index in [0.717, 1.165) is 55.6 Å². The van der Waals surface area contributed by atoms with E-state index in [2.05, 4.69) is 176 Å². The van der Waals surface area contributed by atoms with Crippen LogP contribution < -0.4 is 0 Å². The molecule has 0 bridgehead atoms. The second kappa shape index (κ2) is 12.9. The van der Waals surface area contributed by atoms with E-state index in [1.807, 2.05) is 30.3 Å². The second-order valence-corrected chi connectivity index (χ2v) is 14.5. The number of hydrogen-bond donors (Lipinski definition) is 0. The SMILES string of the molecule is c1ccc(-c2cc(-c3ccc(-c4cccc5c4-c4ccccc4C5(c4ccccc4)c4ccccc4)cc3)nc(-c3ccc4oc5ccccc5c4c3)n2)cc1. The Morgan fingerprint density at radius 3 is 1.62 bits per heavy atom. The van der Waals surface area contributed by atoms with Crippen LogP contribution in [0.2, 0.25) is 0 Å². The van der Waals surface area contributed by atoms with Crippen molar-refractivity contribution in [2.45, 2.75) is 5.41 Å². The number of fused-ring (bicyclic) bond motifs is 6. The first-order chi connectivity index (χ1) is 27.8. The van der Waals surface area contributed by atoms with Crippen molar-refractivity contribution in [3.63, 3.8) is 0 Å². The standard InChI is InChI=1S/C53H34N2O/c1-4-15-36(16-5-1)47-34-48(55-52(54-47)38-31-32-50-44(33-38)42-21-11-13-26-49(42)56-50)37-29-27-35(28-30-37)41-23-14-25-46-51(41)43-22-10-12-24-45(43)53(46,39-17-6-2-7-18-39)40-19-8-3-9-20-40/h1-34H. The number of benzene rings is 8. The van der Waals surface area contributed by atoms with Crippen molar-refractivity contribution in [3.05, 3.63) is 229 Å². The molecule has 0 N–H and O–H groups in total. The number of furan rings is 1. The molecule has 1 aliphatic rings. The lowest BCUT2D eigenvalue weighted by atomic mass is 9.67. The zero-order valence-electron chi connectivity index (χ0n) is 30.4. The average molecular weight is 715 g/mol. The van der Waals surface area contributed by atoms with E-state index in [-0.39, 0.29) is 0 Å². The Bertz CT molecular complexity index is 3020. The molecule has 0 radical (unpaired) electrons. The van der Waals surface area contributed by atoms with Gasteiger partial charge in [-0.15, -0.1) is 0 Å². The van der Waals surface area contributed by atoms with E-state index in [1.165, 1.54) is 38.9 Å². The van der Waals surface area contributed by atoms with Gasteiger partial charge in [0, 0.05) is 27.5 Å². The van der Waals surface area contributed by atoms with Crippen LogP contribution in [0.4, 0.5) is 0 Å². The molecule has 0 spiro atoms. The molecular formula is C53H34N2O. The summed E-state index contributed by atoms with van der Waals surface area (Å²) in [7, 11) is 0. The minimum atomic E-state index is -0.443. The molecule has 11 rings (SSSR count). The zero-order valence-corrected chi connectivity index (χ0v) is 30.4. The molecule has 0 saturated heterocycles. The molecule has 0 saturated carbocycles. The topological polar surface area (TPSA) is 38.9 Å². The summed E-state index contributed by atoms with van der Waals surface area (Å²) in [6, 6.07) is 73.4. The summed E-state index contributed by atoms with van der Waals surface area (Å²) in [5.41, 5.74) is 16.1. The van der Waals surface area contributed by atoms with E-state index in [9.17, 15) is 0 Å². The fraction of sp³-hybridized carbons (Fsp3) is 0.0189. The lowest BCUT2D eigenvalue weighted by Crippen LogP contribution is -2.28. The number of nitrogens with zero attached hydrogens (tertiary/aromatic N) is 2. The van der Waals surface area contributed by atoms with Crippen LogP contribution in [0.15, 0.2) is 211 Å². The Kier molecular flexibility index (Phi) is 7.39. The van der Waals surface area contributed by atoms with Gasteiger partial charge in [0.2, 0.25) is 0 Å². The minimum Gasteiger partial charge on any atom is -0.456 e. The number of para-hydroxylation sites is 1. The predicted octanol–water partition coefficient (Wildman–Crippen LogP) is 13.4. The lowest BCUT2D eigenvalue weighted by Gasteiger charge is -2.34. The van der Waals surface area contributed by atoms with Gasteiger partial charge in [0.25, 0.3) is 0 Å². The average Bonchev–Trinajstić information content (AvgIpc) is 3.81. The summed E-state index contributed by atoms with van der Waals surface area (Å²) in [6.45, 7) is 0. The third kappa shape index (κ3) is 4.98. The maximum absolute atomic E-state index is 6.14. The van der Waals surface area contributed by atoms with Crippen molar-refractivity contribution in [2.24, 2.45) is 0 Å². The normalized spacial score (nSPS) is 12.8. The summed E-state index contributed by atoms with van der Waals surface area (Å²) in [5.74, 6) is 0.674. The Labute approximate surface area is 325 Å². The van der Waals surface area contributed by atoms with Crippen molar-refractivity contribution in [1.82, 2.24) is 9.97 Å². The van der Waals surface area contributed by atoms with Gasteiger partial charge in [0.05, 0.1) is 16.8 Å². The van der Waals surface area contributed by atoms with Gasteiger partial charge in [-0.25, -0.2) is 9.97 Å². The summed E-state index contributed by atoms with van der Waals surface area (Å²) >= 11 is 0. The van der Waals surface area contributed by atoms with Gasteiger partial charge in [-0.1, -0.05) is 176 Å². The second-order valence-electron chi connectivity index (χ2n) is 14.5. The molecule has 56 heavy (non-hydrogen) atoms. The van der Waals surface area contributed by atoms with Gasteiger partial charge in [0.1, 0.15) is 11.2 Å². The number of hydrogen-bond acceptors (Lipinski definition) is 3. The molecule has 8 aromatic carbocycles. The highest BCUT2D eigenvalue weighted by Crippen LogP contribution is 2.58. The van der Waals surface area contributed by atoms with Crippen molar-refractivity contribution in [3.8, 4) is 56.2 Å². The van der Waals surface area contributed by atoms with Gasteiger partial charge < -0.3 is 4.42 Å². The van der Waals surface area contributed by atoms with E-state index < -0.39 is 5.41 Å². The molecule has 0 fully saturated rings. The van der Waals surface area contributed by atoms with Gasteiger partial charge >= 0.3 is 0 Å². The molecule has 1 aliphatic carbocycles. The van der Waals surface area contributed by atoms with E-state index in [4.69, 9.17) is 14.4 Å². The summed E-state index contributed by atoms with van der Waals surface area (Å²) in [6.07, 6.45) is 0. The highest BCUT2D eigenvalue weighted by atomic mass is 16.3. The highest BCUT2D eigenvalue weighted by Gasteiger charge is 2.46. The lowest BCUT2D eigenvalue weighted by molar-refractivity contribution is 0.669. The molecule has 3 heteroatoms. The minimum absolute atomic E-state index is 0.443. The zero-order chi connectivity index (χ0) is 37.1. The largest absolute Gasteiger partial charge is 0.456 e. The monoisotopic (exact) mass is 714 g/mol. The van der Waals surface area contributed by atoms with Crippen LogP contribution in [0.25, 0.3) is 78.1 Å². The van der Waals surface area contributed by atoms with Gasteiger partial charge in [-0.2, -0.15) is 0 Å². The fourth-order valence-corrected chi connectivity index (χ4v) is 8.90. The predicted molar refractivity (Wildman–Crippen MR) is 228 cm³/mol. The van der Waals surface area contributed by atoms with Crippen LogP contribution in [0.1, 0.15) is 22.3 Å². The molecule has 0 aliphatic heterocycles. The Morgan fingerprint density at radius 2 is 0.893 bits per heavy atom. The smallest absolute Gasteiger partial charge is 0.160 e. The Balaban J connectivity index is 1.05. The highest BCUT2D eigenvalue weighted by molar-refractivity contribution is 6.06. The Morgan fingerprint density at radius 1 is 0.357 bits per heavy atom. The maximum Gasteiger partial charge on any atom is 0.160 e. The summed E-state index contributed by atoms with van der Waals surface area (Å²) in [5, 5.41) is 2.14. The first-order valence-corrected chi connectivity index (χ1v) is 19.1. The maximum atomic E-state index is 6.14. The van der Waals surface area contributed by atoms with E-state index in [1.54, 1.807) is 0 Å². The molecule has 2 heterocycles. The van der Waals surface area contributed by atoms with Crippen LogP contribution in [0.3, 0.4) is 0 Å². The van der Waals surface area contributed by atoms with Crippen LogP contribution >= 0.6 is 0 Å². The van der Waals surface area contributed by atoms with Crippen LogP contribution in [0, 0.1) is 0 Å². The van der Waals surface area contributed by atoms with Crippen molar-refractivity contribution < 1.29 is 4.42 Å². The van der Waals surface area contributed by atoms with Gasteiger partial charge in [0.15, 0.2) is 5.82 Å². The molecule has 3 nitrogen and oxygen atoms in total. The third-order valence-electron chi connectivity index (χ3n) is 11.4. The molecule has 0 amide bonds. The van der Waals surface area contributed by atoms with Crippen LogP contribution in [-0.4, -0.2) is 9.97 Å². The molecule has 0 atom stereocenters. The summed E-state index contributed by atoms with van der Waals surface area (Å²) in [4.78, 5) is 10.3. The molecule has 0 unspecified atom stereocenters. The molecule has 2 aromatic heterocycles. The fourth-order valence-electron chi connectivity index (χ4n) is 8.90. The first-order valence-electron chi connectivity index (χ1n) is 19.1. The van der Waals surface area contributed by atoms with Crippen molar-refractivity contribution in [2.75, 3.05) is 0 Å². The van der Waals surface area contributed by atoms with Crippen molar-refractivity contribution >= 4 is 21.9 Å². The number of aromatic nitrogens is 2. The van der Waals surface area contributed by atoms with Gasteiger partial charge in [-0.05, 0) is 74.8 Å². The molecular weight excluding hydrogens is 681 g/mol. The third-order valence-corrected chi connectivity index (χ3v) is 11.4. The molecule has 10 aromatic rings. The van der Waals surface area contributed by atoms with Crippen LogP contribution in [-0.2, 0) is 5.41 Å². The number of rotatable bonds is 6. The van der Waals surface area contributed by atoms with E-state index in [0.29, 0.717) is 5.82 Å². The van der Waals surface area contributed by atoms with Gasteiger partial charge in [-0.3, -0.25) is 0 Å². The molecule has 262 valence electrons. The Hall–Kier alpha value is -7.36. The first kappa shape index (κ1) is 32.1. The summed E-state index contributed by atoms with van der Waals surface area (Å²) < 4.78 is 6.14. The van der Waals surface area contributed by atoms with Crippen LogP contribution in [0.5, 0.6) is 0 Å². The van der Waals surface area contributed by atoms with E-state index >= 15 is 0 Å². The quantitative estimate of drug-likeness (QED) is 0.172. The van der Waals surface area contributed by atoms with Crippen molar-refractivity contribution in [1.29, 1.82) is 0 Å².